The van der Waals surface area contributed by atoms with Crippen LogP contribution in [0.15, 0.2) is 77.9 Å². The minimum atomic E-state index is 0. The molecule has 29 heavy (non-hydrogen) atoms. The van der Waals surface area contributed by atoms with E-state index in [1.807, 2.05) is 30.3 Å². The minimum Gasteiger partial charge on any atom is -0.184 e. The number of hydrogen-bond acceptors (Lipinski definition) is 0. The van der Waals surface area contributed by atoms with Gasteiger partial charge in [0.25, 0.3) is 0 Å². The first-order valence-electron chi connectivity index (χ1n) is 9.49. The van der Waals surface area contributed by atoms with Gasteiger partial charge in [-0.1, -0.05) is 12.8 Å². The molecule has 2 saturated carbocycles. The average molecular weight is 480 g/mol. The second kappa shape index (κ2) is 19.0. The first kappa shape index (κ1) is 30.2. The maximum Gasteiger partial charge on any atom is -0.171 e. The van der Waals surface area contributed by atoms with Crippen LogP contribution in [0.3, 0.4) is 0 Å². The zero-order valence-electron chi connectivity index (χ0n) is 18.4. The van der Waals surface area contributed by atoms with E-state index in [0.29, 0.717) is 0 Å². The van der Waals surface area contributed by atoms with Gasteiger partial charge in [0, 0.05) is 0 Å². The molecule has 158 valence electrons. The zero-order valence-corrected chi connectivity index (χ0v) is 21.9. The van der Waals surface area contributed by atoms with Gasteiger partial charge < -0.3 is 22.3 Å². The van der Waals surface area contributed by atoms with Gasteiger partial charge in [0.15, 0.2) is 0 Å². The van der Waals surface area contributed by atoms with Crippen molar-refractivity contribution >= 4 is 6.88 Å². The molecule has 2 radical (unpaired) electrons. The van der Waals surface area contributed by atoms with E-state index in [1.54, 1.807) is 11.1 Å². The summed E-state index contributed by atoms with van der Waals surface area (Å²) in [4.78, 5) is 0. The van der Waals surface area contributed by atoms with Crippen molar-refractivity contribution < 1.29 is 23.3 Å². The van der Waals surface area contributed by atoms with E-state index in [1.165, 1.54) is 61.9 Å². The first-order chi connectivity index (χ1) is 12.9. The molecule has 0 spiro atoms. The van der Waals surface area contributed by atoms with Crippen molar-refractivity contribution in [3.8, 4) is 0 Å². The number of benzene rings is 1. The molecule has 0 bridgehead atoms. The van der Waals surface area contributed by atoms with Crippen molar-refractivity contribution in [2.75, 3.05) is 0 Å². The Kier molecular flexibility index (Phi) is 19.8. The quantitative estimate of drug-likeness (QED) is 0.268. The molecular weight excluding hydrogens is 444 g/mol. The molecule has 2 fully saturated rings. The number of allylic oxidation sites excluding steroid dienone is 8. The number of hydrogen-bond donors (Lipinski definition) is 0. The molecule has 4 aliphatic carbocycles. The largest absolute Gasteiger partial charge is 0.184 e. The van der Waals surface area contributed by atoms with Crippen LogP contribution >= 0.6 is 0 Å². The molecule has 1 aromatic rings. The van der Waals surface area contributed by atoms with Gasteiger partial charge in [0.1, 0.15) is 0 Å². The summed E-state index contributed by atoms with van der Waals surface area (Å²) in [5.74, 6) is 1.77. The van der Waals surface area contributed by atoms with E-state index in [2.05, 4.69) is 62.2 Å². The number of rotatable bonds is 0. The molecule has 2 unspecified atom stereocenters. The third-order valence-corrected chi connectivity index (χ3v) is 5.03. The third kappa shape index (κ3) is 11.1. The summed E-state index contributed by atoms with van der Waals surface area (Å²) in [7, 11) is 0. The summed E-state index contributed by atoms with van der Waals surface area (Å²) >= 11 is 1.36. The van der Waals surface area contributed by atoms with E-state index < -0.39 is 0 Å². The fraction of sp³-hybridized carbons (Fsp3) is 0.296. The van der Waals surface area contributed by atoms with E-state index in [4.69, 9.17) is 0 Å². The predicted octanol–water partition coefficient (Wildman–Crippen LogP) is 7.43. The predicted molar refractivity (Wildman–Crippen MR) is 128 cm³/mol. The standard InChI is InChI=1S/2C9H11.C6H5.3CH3.Si.Zr/c2*1-2-5-9-7-3-6-8(9)4-1;1-2-4-6-5-3-1;;;;;/h2*1-2,4,6,9H,3,5,7H2;1-5H;3*1H3;;/q6*-1;;. The van der Waals surface area contributed by atoms with Crippen LogP contribution in [0.2, 0.25) is 0 Å². The molecule has 2 heteroatoms. The molecule has 1 aromatic carbocycles. The van der Waals surface area contributed by atoms with Crippen LogP contribution in [0.5, 0.6) is 0 Å². The van der Waals surface area contributed by atoms with Crippen LogP contribution in [0.4, 0.5) is 0 Å². The van der Waals surface area contributed by atoms with Crippen molar-refractivity contribution in [2.24, 2.45) is 11.8 Å². The smallest absolute Gasteiger partial charge is 0.171 e. The van der Waals surface area contributed by atoms with E-state index in [-0.39, 0.29) is 22.3 Å². The van der Waals surface area contributed by atoms with E-state index >= 15 is 0 Å². The van der Waals surface area contributed by atoms with Crippen molar-refractivity contribution in [2.45, 2.75) is 38.5 Å². The maximum atomic E-state index is 3.06. The first-order valence-corrected chi connectivity index (χ1v) is 13.7. The Hall–Kier alpha value is -0.980. The Bertz CT molecular complexity index is 560. The molecule has 0 saturated heterocycles. The van der Waals surface area contributed by atoms with Crippen molar-refractivity contribution in [1.82, 2.24) is 0 Å². The van der Waals surface area contributed by atoms with Crippen LogP contribution in [-0.2, 0) is 23.3 Å². The number of fused-ring (bicyclic) bond motifs is 2. The summed E-state index contributed by atoms with van der Waals surface area (Å²) in [6, 6.07) is 12.5. The summed E-state index contributed by atoms with van der Waals surface area (Å²) in [5, 5.41) is 0. The molecule has 4 aliphatic rings. The maximum absolute atomic E-state index is 3.06. The van der Waals surface area contributed by atoms with Gasteiger partial charge >= 0.3 is 30.2 Å². The molecule has 0 aromatic heterocycles. The van der Waals surface area contributed by atoms with Crippen LogP contribution in [0.25, 0.3) is 0 Å². The average Bonchev–Trinajstić information content (AvgIpc) is 3.41. The molecule has 2 atom stereocenters. The fourth-order valence-electron chi connectivity index (χ4n) is 3.67. The van der Waals surface area contributed by atoms with Gasteiger partial charge in [-0.15, -0.1) is 37.1 Å². The van der Waals surface area contributed by atoms with Gasteiger partial charge in [-0.2, -0.15) is 36.4 Å². The monoisotopic (exact) mass is 478 g/mol. The Morgan fingerprint density at radius 1 is 0.759 bits per heavy atom. The van der Waals surface area contributed by atoms with E-state index in [9.17, 15) is 0 Å². The van der Waals surface area contributed by atoms with Crippen LogP contribution in [0, 0.1) is 53.0 Å². The molecular formula is C27H36SiZr-6. The van der Waals surface area contributed by atoms with Crippen LogP contribution in [-0.4, -0.2) is 6.88 Å². The molecule has 5 rings (SSSR count). The van der Waals surface area contributed by atoms with Crippen molar-refractivity contribution in [3.63, 3.8) is 0 Å². The summed E-state index contributed by atoms with van der Waals surface area (Å²) in [5.41, 5.74) is 3.16. The summed E-state index contributed by atoms with van der Waals surface area (Å²) in [6.07, 6.45) is 26.1. The van der Waals surface area contributed by atoms with Gasteiger partial charge in [-0.25, -0.2) is 36.1 Å². The zero-order chi connectivity index (χ0) is 18.5. The summed E-state index contributed by atoms with van der Waals surface area (Å²) < 4.78 is 0. The van der Waals surface area contributed by atoms with Crippen LogP contribution < -0.4 is 0 Å². The van der Waals surface area contributed by atoms with Gasteiger partial charge in [0.05, 0.1) is 0 Å². The van der Waals surface area contributed by atoms with Gasteiger partial charge in [0.2, 0.25) is 0 Å². The van der Waals surface area contributed by atoms with Crippen molar-refractivity contribution in [1.29, 1.82) is 0 Å². The molecule has 0 aliphatic heterocycles. The van der Waals surface area contributed by atoms with E-state index in [0.717, 1.165) is 11.8 Å². The Morgan fingerprint density at radius 3 is 1.52 bits per heavy atom. The van der Waals surface area contributed by atoms with Gasteiger partial charge in [-0.05, 0) is 24.7 Å². The fourth-order valence-corrected chi connectivity index (χ4v) is 3.67. The normalized spacial score (nSPS) is 21.1. The van der Waals surface area contributed by atoms with Gasteiger partial charge in [-0.3, -0.25) is 0 Å². The summed E-state index contributed by atoms with van der Waals surface area (Å²) in [6.45, 7) is 3.06. The molecule has 0 heterocycles. The third-order valence-electron chi connectivity index (χ3n) is 5.03. The minimum absolute atomic E-state index is 0. The topological polar surface area (TPSA) is 0 Å². The van der Waals surface area contributed by atoms with Crippen LogP contribution in [0.1, 0.15) is 38.5 Å². The second-order valence-corrected chi connectivity index (χ2v) is 6.70. The Labute approximate surface area is 198 Å². The molecule has 0 N–H and O–H groups in total. The second-order valence-electron chi connectivity index (χ2n) is 6.70. The molecule has 0 amide bonds. The Balaban J connectivity index is 0. The molecule has 0 nitrogen and oxygen atoms in total. The SMILES string of the molecule is C1=CCC2CC[CH-]C2=C1.C1=CCC2CC[CH-]C2=C1.[CH3-].[CH3-].[CH3-].[Si]=[Zr].[c-]1ccccc1. The van der Waals surface area contributed by atoms with Crippen molar-refractivity contribution in [3.05, 3.63) is 119 Å². The Morgan fingerprint density at radius 2 is 1.21 bits per heavy atom.